The van der Waals surface area contributed by atoms with E-state index in [1.165, 1.54) is 12.2 Å². The minimum atomic E-state index is -0.571. The highest BCUT2D eigenvalue weighted by Crippen LogP contribution is 2.45. The van der Waals surface area contributed by atoms with Crippen LogP contribution in [0.1, 0.15) is 95.4 Å². The van der Waals surface area contributed by atoms with Crippen molar-refractivity contribution >= 4 is 20.3 Å². The quantitative estimate of drug-likeness (QED) is 0.243. The predicted molar refractivity (Wildman–Crippen MR) is 135 cm³/mol. The first-order valence-electron chi connectivity index (χ1n) is 12.6. The average Bonchev–Trinajstić information content (AvgIpc) is 2.97. The van der Waals surface area contributed by atoms with E-state index in [0.29, 0.717) is 12.9 Å². The summed E-state index contributed by atoms with van der Waals surface area (Å²) < 4.78 is 30.7. The number of nitrogens with zero attached hydrogens (tertiary/aromatic N) is 1. The van der Waals surface area contributed by atoms with Crippen molar-refractivity contribution in [3.8, 4) is 0 Å². The summed E-state index contributed by atoms with van der Waals surface area (Å²) in [6.45, 7) is 22.5. The normalized spacial score (nSPS) is 23.8. The highest BCUT2D eigenvalue weighted by molar-refractivity contribution is 6.53. The number of hydroxylamine groups is 2. The molecule has 0 aromatic carbocycles. The predicted octanol–water partition coefficient (Wildman–Crippen LogP) is 5.51. The summed E-state index contributed by atoms with van der Waals surface area (Å²) in [4.78, 5) is 17.6. The van der Waals surface area contributed by atoms with Gasteiger partial charge in [0, 0.05) is 0 Å². The third-order valence-corrected chi connectivity index (χ3v) is 7.46. The van der Waals surface area contributed by atoms with E-state index in [1.807, 2.05) is 20.8 Å². The van der Waals surface area contributed by atoms with Gasteiger partial charge in [-0.05, 0) is 94.7 Å². The maximum Gasteiger partial charge on any atom is 0.460 e. The van der Waals surface area contributed by atoms with Crippen LogP contribution in [-0.4, -0.2) is 67.1 Å². The Morgan fingerprint density at radius 3 is 1.76 bits per heavy atom. The fraction of sp³-hybridized carbons (Fsp3) is 0.958. The molecule has 0 radical (unpaired) electrons. The van der Waals surface area contributed by atoms with Crippen LogP contribution < -0.4 is 0 Å². The Morgan fingerprint density at radius 1 is 0.853 bits per heavy atom. The summed E-state index contributed by atoms with van der Waals surface area (Å²) in [6.07, 6.45) is 2.65. The van der Waals surface area contributed by atoms with Gasteiger partial charge in [0.05, 0.1) is 36.1 Å². The maximum absolute atomic E-state index is 12.3. The lowest BCUT2D eigenvalue weighted by atomic mass is 9.59. The van der Waals surface area contributed by atoms with Crippen LogP contribution in [-0.2, 0) is 28.2 Å². The number of rotatable bonds is 9. The Labute approximate surface area is 207 Å². The molecule has 10 heteroatoms. The first-order chi connectivity index (χ1) is 15.3. The molecule has 0 saturated carbocycles. The molecule has 1 unspecified atom stereocenters. The Kier molecular flexibility index (Phi) is 8.90. The zero-order chi connectivity index (χ0) is 26.2. The van der Waals surface area contributed by atoms with Gasteiger partial charge in [-0.25, -0.2) is 4.79 Å². The van der Waals surface area contributed by atoms with Gasteiger partial charge in [-0.1, -0.05) is 12.8 Å². The van der Waals surface area contributed by atoms with Crippen molar-refractivity contribution in [1.82, 2.24) is 5.06 Å². The summed E-state index contributed by atoms with van der Waals surface area (Å²) in [6, 6.07) is 0. The fourth-order valence-electron chi connectivity index (χ4n) is 3.99. The summed E-state index contributed by atoms with van der Waals surface area (Å²) in [5, 5.41) is 1.27. The molecular formula is C24H47B2NO7. The van der Waals surface area contributed by atoms with Crippen LogP contribution in [0.25, 0.3) is 0 Å². The lowest BCUT2D eigenvalue weighted by Crippen LogP contribution is -2.41. The smallest absolute Gasteiger partial charge is 0.442 e. The molecule has 0 bridgehead atoms. The Bertz CT molecular complexity index is 674. The van der Waals surface area contributed by atoms with E-state index in [2.05, 4.69) is 55.4 Å². The number of carbonyl (C=O) groups is 1. The fourth-order valence-corrected chi connectivity index (χ4v) is 3.99. The van der Waals surface area contributed by atoms with Crippen LogP contribution in [0.4, 0.5) is 4.79 Å². The second-order valence-electron chi connectivity index (χ2n) is 12.6. The topological polar surface area (TPSA) is 75.7 Å². The van der Waals surface area contributed by atoms with Crippen LogP contribution in [0, 0.1) is 0 Å². The van der Waals surface area contributed by atoms with Crippen LogP contribution in [0.3, 0.4) is 0 Å². The molecule has 0 aromatic rings. The standard InChI is InChI=1S/C24H47B2NO7/c1-20(2,3)30-19(28)27(29-12)16-14-13-15-18(26-33-23(8,9)24(10,11)34-26)17-25-31-21(4,5)22(6,7)32-25/h18H,13-17H2,1-12H3. The summed E-state index contributed by atoms with van der Waals surface area (Å²) >= 11 is 0. The van der Waals surface area contributed by atoms with Gasteiger partial charge in [0.1, 0.15) is 5.60 Å². The zero-order valence-corrected chi connectivity index (χ0v) is 23.6. The lowest BCUT2D eigenvalue weighted by molar-refractivity contribution is -0.124. The number of hydrogen-bond donors (Lipinski definition) is 0. The molecule has 2 rings (SSSR count). The summed E-state index contributed by atoms with van der Waals surface area (Å²) in [5.74, 6) is 0.0771. The Morgan fingerprint density at radius 2 is 1.32 bits per heavy atom. The number of amides is 1. The lowest BCUT2D eigenvalue weighted by Gasteiger charge is -2.32. The molecule has 2 aliphatic heterocycles. The molecule has 2 saturated heterocycles. The van der Waals surface area contributed by atoms with Crippen molar-refractivity contribution in [3.63, 3.8) is 0 Å². The number of unbranched alkanes of at least 4 members (excludes halogenated alkanes) is 1. The summed E-state index contributed by atoms with van der Waals surface area (Å²) in [5.41, 5.74) is -2.15. The Balaban J connectivity index is 2.01. The van der Waals surface area contributed by atoms with Crippen molar-refractivity contribution in [3.05, 3.63) is 0 Å². The first kappa shape index (κ1) is 29.4. The first-order valence-corrected chi connectivity index (χ1v) is 12.6. The molecule has 1 atom stereocenters. The molecule has 34 heavy (non-hydrogen) atoms. The van der Waals surface area contributed by atoms with Gasteiger partial charge in [-0.15, -0.1) is 0 Å². The highest BCUT2D eigenvalue weighted by atomic mass is 16.7. The SMILES string of the molecule is CON(CCCCC(CB1OC(C)(C)C(C)(C)O1)B1OC(C)(C)C(C)(C)O1)C(=O)OC(C)(C)C. The molecule has 2 fully saturated rings. The zero-order valence-electron chi connectivity index (χ0n) is 23.6. The molecule has 2 heterocycles. The molecule has 0 N–H and O–H groups in total. The van der Waals surface area contributed by atoms with E-state index in [0.717, 1.165) is 19.3 Å². The molecule has 1 amide bonds. The van der Waals surface area contributed by atoms with E-state index in [9.17, 15) is 4.79 Å². The van der Waals surface area contributed by atoms with Gasteiger partial charge in [0.15, 0.2) is 0 Å². The van der Waals surface area contributed by atoms with E-state index in [-0.39, 0.29) is 31.3 Å². The molecule has 0 spiro atoms. The second-order valence-corrected chi connectivity index (χ2v) is 12.6. The van der Waals surface area contributed by atoms with E-state index < -0.39 is 22.9 Å². The van der Waals surface area contributed by atoms with Crippen molar-refractivity contribution in [2.45, 2.75) is 136 Å². The number of hydrogen-bond acceptors (Lipinski definition) is 7. The minimum Gasteiger partial charge on any atom is -0.442 e. The molecule has 196 valence electrons. The Hall–Kier alpha value is -0.800. The van der Waals surface area contributed by atoms with Crippen molar-refractivity contribution in [2.75, 3.05) is 13.7 Å². The van der Waals surface area contributed by atoms with Gasteiger partial charge < -0.3 is 23.4 Å². The van der Waals surface area contributed by atoms with Gasteiger partial charge in [0.2, 0.25) is 0 Å². The van der Waals surface area contributed by atoms with Crippen molar-refractivity contribution in [1.29, 1.82) is 0 Å². The minimum absolute atomic E-state index is 0.0771. The number of ether oxygens (including phenoxy) is 1. The largest absolute Gasteiger partial charge is 0.460 e. The highest BCUT2D eigenvalue weighted by Gasteiger charge is 2.56. The van der Waals surface area contributed by atoms with E-state index in [4.69, 9.17) is 28.2 Å². The average molecular weight is 483 g/mol. The van der Waals surface area contributed by atoms with Crippen LogP contribution in [0.2, 0.25) is 12.1 Å². The van der Waals surface area contributed by atoms with Crippen LogP contribution >= 0.6 is 0 Å². The van der Waals surface area contributed by atoms with Gasteiger partial charge in [0.25, 0.3) is 0 Å². The second kappa shape index (κ2) is 10.3. The van der Waals surface area contributed by atoms with Crippen LogP contribution in [0.5, 0.6) is 0 Å². The van der Waals surface area contributed by atoms with E-state index >= 15 is 0 Å². The molecular weight excluding hydrogens is 436 g/mol. The molecule has 2 aliphatic rings. The molecule has 0 aromatic heterocycles. The van der Waals surface area contributed by atoms with Crippen molar-refractivity contribution < 1.29 is 33.0 Å². The molecule has 8 nitrogen and oxygen atoms in total. The van der Waals surface area contributed by atoms with Gasteiger partial charge >= 0.3 is 20.3 Å². The summed E-state index contributed by atoms with van der Waals surface area (Å²) in [7, 11) is 0.801. The third-order valence-electron chi connectivity index (χ3n) is 7.46. The van der Waals surface area contributed by atoms with E-state index in [1.54, 1.807) is 0 Å². The van der Waals surface area contributed by atoms with Gasteiger partial charge in [-0.3, -0.25) is 4.84 Å². The van der Waals surface area contributed by atoms with Crippen molar-refractivity contribution in [2.24, 2.45) is 0 Å². The number of carbonyl (C=O) groups excluding carboxylic acids is 1. The maximum atomic E-state index is 12.3. The van der Waals surface area contributed by atoms with Crippen LogP contribution in [0.15, 0.2) is 0 Å². The molecule has 0 aliphatic carbocycles. The monoisotopic (exact) mass is 483 g/mol. The van der Waals surface area contributed by atoms with Gasteiger partial charge in [-0.2, -0.15) is 5.06 Å². The third kappa shape index (κ3) is 7.12.